The van der Waals surface area contributed by atoms with E-state index in [9.17, 15) is 8.42 Å². The topological polar surface area (TPSA) is 55.4 Å². The number of rotatable bonds is 6. The zero-order valence-corrected chi connectivity index (χ0v) is 10.3. The van der Waals surface area contributed by atoms with Crippen LogP contribution < -0.4 is 5.32 Å². The normalized spacial score (nSPS) is 27.1. The smallest absolute Gasteiger partial charge is 0.153 e. The van der Waals surface area contributed by atoms with Crippen LogP contribution in [0.1, 0.15) is 25.7 Å². The molecule has 0 aliphatic heterocycles. The molecule has 1 fully saturated rings. The van der Waals surface area contributed by atoms with Crippen molar-refractivity contribution in [2.75, 3.05) is 26.5 Å². The van der Waals surface area contributed by atoms with Crippen molar-refractivity contribution in [2.45, 2.75) is 37.0 Å². The Balaban J connectivity index is 2.41. The van der Waals surface area contributed by atoms with Gasteiger partial charge >= 0.3 is 0 Å². The van der Waals surface area contributed by atoms with E-state index in [-0.39, 0.29) is 11.0 Å². The van der Waals surface area contributed by atoms with E-state index in [1.807, 2.05) is 7.05 Å². The van der Waals surface area contributed by atoms with Crippen LogP contribution in [0.15, 0.2) is 0 Å². The quantitative estimate of drug-likeness (QED) is 0.684. The molecule has 2 atom stereocenters. The van der Waals surface area contributed by atoms with Gasteiger partial charge in [0.25, 0.3) is 0 Å². The van der Waals surface area contributed by atoms with Gasteiger partial charge in [0.1, 0.15) is 0 Å². The van der Waals surface area contributed by atoms with Gasteiger partial charge in [0.2, 0.25) is 0 Å². The Kier molecular flexibility index (Phi) is 5.02. The lowest BCUT2D eigenvalue weighted by atomic mass is 10.3. The molecule has 90 valence electrons. The summed E-state index contributed by atoms with van der Waals surface area (Å²) in [5, 5.41) is 3.01. The van der Waals surface area contributed by atoms with E-state index in [0.717, 1.165) is 19.3 Å². The molecule has 0 aromatic carbocycles. The van der Waals surface area contributed by atoms with Crippen molar-refractivity contribution >= 4 is 9.84 Å². The van der Waals surface area contributed by atoms with Gasteiger partial charge in [-0.05, 0) is 32.7 Å². The molecule has 0 spiro atoms. The monoisotopic (exact) mass is 235 g/mol. The average molecular weight is 235 g/mol. The standard InChI is InChI=1S/C10H21NO3S/c1-11-9-4-5-10(8-9)15(12,13)7-3-6-14-2/h9-11H,3-8H2,1-2H3. The van der Waals surface area contributed by atoms with Gasteiger partial charge in [-0.3, -0.25) is 0 Å². The van der Waals surface area contributed by atoms with Gasteiger partial charge in [-0.15, -0.1) is 0 Å². The summed E-state index contributed by atoms with van der Waals surface area (Å²) in [5.41, 5.74) is 0. The molecule has 0 bridgehead atoms. The van der Waals surface area contributed by atoms with Crippen molar-refractivity contribution in [1.82, 2.24) is 5.32 Å². The molecule has 0 amide bonds. The Morgan fingerprint density at radius 3 is 2.67 bits per heavy atom. The summed E-state index contributed by atoms with van der Waals surface area (Å²) < 4.78 is 28.6. The number of nitrogens with one attached hydrogen (secondary N) is 1. The lowest BCUT2D eigenvalue weighted by Gasteiger charge is -2.11. The van der Waals surface area contributed by atoms with Crippen LogP contribution in [0.3, 0.4) is 0 Å². The summed E-state index contributed by atoms with van der Waals surface area (Å²) in [6.45, 7) is 0.529. The van der Waals surface area contributed by atoms with Crippen LogP contribution >= 0.6 is 0 Å². The van der Waals surface area contributed by atoms with E-state index in [2.05, 4.69) is 5.32 Å². The minimum atomic E-state index is -2.90. The molecule has 1 rings (SSSR count). The maximum Gasteiger partial charge on any atom is 0.153 e. The van der Waals surface area contributed by atoms with Crippen molar-refractivity contribution < 1.29 is 13.2 Å². The van der Waals surface area contributed by atoms with Gasteiger partial charge in [-0.1, -0.05) is 0 Å². The van der Waals surface area contributed by atoms with Crippen molar-refractivity contribution in [2.24, 2.45) is 0 Å². The summed E-state index contributed by atoms with van der Waals surface area (Å²) in [6.07, 6.45) is 3.16. The van der Waals surface area contributed by atoms with E-state index in [4.69, 9.17) is 4.74 Å². The minimum Gasteiger partial charge on any atom is -0.385 e. The van der Waals surface area contributed by atoms with Crippen LogP contribution in [0.5, 0.6) is 0 Å². The molecule has 2 unspecified atom stereocenters. The molecule has 1 aliphatic rings. The van der Waals surface area contributed by atoms with Crippen LogP contribution in [-0.2, 0) is 14.6 Å². The number of methoxy groups -OCH3 is 1. The van der Waals surface area contributed by atoms with Crippen LogP contribution in [-0.4, -0.2) is 46.2 Å². The molecular formula is C10H21NO3S. The third-order valence-electron chi connectivity index (χ3n) is 3.08. The molecule has 0 aromatic heterocycles. The maximum atomic E-state index is 11.9. The highest BCUT2D eigenvalue weighted by Gasteiger charge is 2.32. The second-order valence-corrected chi connectivity index (χ2v) is 6.53. The Morgan fingerprint density at radius 1 is 1.40 bits per heavy atom. The molecular weight excluding hydrogens is 214 g/mol. The highest BCUT2D eigenvalue weighted by Crippen LogP contribution is 2.26. The lowest BCUT2D eigenvalue weighted by Crippen LogP contribution is -2.26. The predicted molar refractivity (Wildman–Crippen MR) is 60.8 cm³/mol. The predicted octanol–water partition coefficient (Wildman–Crippen LogP) is 0.578. The first-order valence-corrected chi connectivity index (χ1v) is 7.19. The first kappa shape index (κ1) is 12.9. The Bertz CT molecular complexity index is 276. The van der Waals surface area contributed by atoms with Gasteiger partial charge in [0.15, 0.2) is 9.84 Å². The Morgan fingerprint density at radius 2 is 2.13 bits per heavy atom. The maximum absolute atomic E-state index is 11.9. The van der Waals surface area contributed by atoms with Gasteiger partial charge in [0.05, 0.1) is 11.0 Å². The SMILES string of the molecule is CNC1CCC(S(=O)(=O)CCCOC)C1. The van der Waals surface area contributed by atoms with Gasteiger partial charge in [0, 0.05) is 19.8 Å². The van der Waals surface area contributed by atoms with E-state index in [0.29, 0.717) is 19.1 Å². The molecule has 15 heavy (non-hydrogen) atoms. The zero-order valence-electron chi connectivity index (χ0n) is 9.53. The number of hydrogen-bond acceptors (Lipinski definition) is 4. The van der Waals surface area contributed by atoms with Crippen LogP contribution in [0.25, 0.3) is 0 Å². The molecule has 0 aromatic rings. The third-order valence-corrected chi connectivity index (χ3v) is 5.38. The fourth-order valence-corrected chi connectivity index (χ4v) is 3.97. The van der Waals surface area contributed by atoms with E-state index < -0.39 is 9.84 Å². The number of ether oxygens (including phenoxy) is 1. The van der Waals surface area contributed by atoms with Gasteiger partial charge < -0.3 is 10.1 Å². The minimum absolute atomic E-state index is 0.133. The summed E-state index contributed by atoms with van der Waals surface area (Å²) in [4.78, 5) is 0. The molecule has 0 radical (unpaired) electrons. The summed E-state index contributed by atoms with van der Waals surface area (Å²) >= 11 is 0. The second-order valence-electron chi connectivity index (χ2n) is 4.13. The highest BCUT2D eigenvalue weighted by molar-refractivity contribution is 7.92. The number of sulfone groups is 1. The van der Waals surface area contributed by atoms with E-state index in [1.165, 1.54) is 0 Å². The molecule has 4 nitrogen and oxygen atoms in total. The first-order valence-electron chi connectivity index (χ1n) is 5.48. The Labute approximate surface area is 92.3 Å². The highest BCUT2D eigenvalue weighted by atomic mass is 32.2. The molecule has 5 heteroatoms. The molecule has 1 N–H and O–H groups in total. The van der Waals surface area contributed by atoms with Crippen LogP contribution in [0.4, 0.5) is 0 Å². The fraction of sp³-hybridized carbons (Fsp3) is 1.00. The summed E-state index contributed by atoms with van der Waals surface area (Å²) in [7, 11) is 0.595. The number of hydrogen-bond donors (Lipinski definition) is 1. The Hall–Kier alpha value is -0.130. The van der Waals surface area contributed by atoms with E-state index >= 15 is 0 Å². The summed E-state index contributed by atoms with van der Waals surface area (Å²) in [5.74, 6) is 0.266. The average Bonchev–Trinajstić information content (AvgIpc) is 2.66. The van der Waals surface area contributed by atoms with Gasteiger partial charge in [-0.25, -0.2) is 8.42 Å². The van der Waals surface area contributed by atoms with E-state index in [1.54, 1.807) is 7.11 Å². The fourth-order valence-electron chi connectivity index (χ4n) is 2.10. The second kappa shape index (κ2) is 5.82. The lowest BCUT2D eigenvalue weighted by molar-refractivity contribution is 0.199. The van der Waals surface area contributed by atoms with Crippen LogP contribution in [0, 0.1) is 0 Å². The van der Waals surface area contributed by atoms with Crippen molar-refractivity contribution in [1.29, 1.82) is 0 Å². The van der Waals surface area contributed by atoms with Crippen molar-refractivity contribution in [3.63, 3.8) is 0 Å². The van der Waals surface area contributed by atoms with Crippen molar-refractivity contribution in [3.05, 3.63) is 0 Å². The van der Waals surface area contributed by atoms with Gasteiger partial charge in [-0.2, -0.15) is 0 Å². The molecule has 0 saturated heterocycles. The third kappa shape index (κ3) is 3.74. The largest absolute Gasteiger partial charge is 0.385 e. The van der Waals surface area contributed by atoms with Crippen molar-refractivity contribution in [3.8, 4) is 0 Å². The molecule has 1 aliphatic carbocycles. The zero-order chi connectivity index (χ0) is 11.3. The van der Waals surface area contributed by atoms with Crippen LogP contribution in [0.2, 0.25) is 0 Å². The molecule has 0 heterocycles. The molecule has 1 saturated carbocycles. The first-order chi connectivity index (χ1) is 7.10. The summed E-state index contributed by atoms with van der Waals surface area (Å²) in [6, 6.07) is 0.382.